The molecular formula is C16H23NO2. The van der Waals surface area contributed by atoms with Gasteiger partial charge in [-0.2, -0.15) is 0 Å². The maximum absolute atomic E-state index is 11.9. The molecule has 1 unspecified atom stereocenters. The van der Waals surface area contributed by atoms with Gasteiger partial charge < -0.3 is 5.11 Å². The summed E-state index contributed by atoms with van der Waals surface area (Å²) in [5.41, 5.74) is 2.26. The summed E-state index contributed by atoms with van der Waals surface area (Å²) in [6, 6.07) is 6.06. The molecule has 0 spiro atoms. The first-order chi connectivity index (χ1) is 8.96. The standard InChI is InChI=1S/C16H23NO2/c1-12-7-8-14(13(2)11-12)16(3,15(18)19)17-9-5-4-6-10-17/h7-8,11H,4-6,9-10H2,1-3H3,(H,18,19). The summed E-state index contributed by atoms with van der Waals surface area (Å²) in [5, 5.41) is 9.79. The van der Waals surface area contributed by atoms with Crippen LogP contribution in [-0.4, -0.2) is 29.1 Å². The molecule has 1 fully saturated rings. The van der Waals surface area contributed by atoms with E-state index in [0.29, 0.717) is 0 Å². The Morgan fingerprint density at radius 1 is 1.21 bits per heavy atom. The molecule has 0 saturated carbocycles. The van der Waals surface area contributed by atoms with Crippen molar-refractivity contribution in [1.82, 2.24) is 4.90 Å². The van der Waals surface area contributed by atoms with Crippen LogP contribution in [0.15, 0.2) is 18.2 Å². The van der Waals surface area contributed by atoms with Gasteiger partial charge in [0.2, 0.25) is 0 Å². The van der Waals surface area contributed by atoms with Crippen molar-refractivity contribution in [2.75, 3.05) is 13.1 Å². The van der Waals surface area contributed by atoms with Crippen molar-refractivity contribution in [2.45, 2.75) is 45.6 Å². The Kier molecular flexibility index (Phi) is 3.95. The zero-order valence-corrected chi connectivity index (χ0v) is 12.1. The minimum atomic E-state index is -0.905. The lowest BCUT2D eigenvalue weighted by Crippen LogP contribution is -2.52. The SMILES string of the molecule is Cc1ccc(C(C)(C(=O)O)N2CCCCC2)c(C)c1. The molecule has 0 radical (unpaired) electrons. The minimum absolute atomic E-state index is 0.749. The van der Waals surface area contributed by atoms with Gasteiger partial charge in [-0.25, -0.2) is 4.79 Å². The molecule has 2 rings (SSSR count). The quantitative estimate of drug-likeness (QED) is 0.909. The molecule has 0 aromatic heterocycles. The van der Waals surface area contributed by atoms with E-state index in [1.165, 1.54) is 12.0 Å². The molecule has 19 heavy (non-hydrogen) atoms. The van der Waals surface area contributed by atoms with E-state index >= 15 is 0 Å². The highest BCUT2D eigenvalue weighted by molar-refractivity contribution is 5.81. The van der Waals surface area contributed by atoms with Crippen LogP contribution in [0.3, 0.4) is 0 Å². The third-order valence-corrected chi connectivity index (χ3v) is 4.31. The number of aliphatic carboxylic acids is 1. The fourth-order valence-corrected chi connectivity index (χ4v) is 3.12. The normalized spacial score (nSPS) is 19.9. The average molecular weight is 261 g/mol. The lowest BCUT2D eigenvalue weighted by Gasteiger charge is -2.41. The van der Waals surface area contributed by atoms with Crippen molar-refractivity contribution in [3.63, 3.8) is 0 Å². The Morgan fingerprint density at radius 2 is 1.84 bits per heavy atom. The number of hydrogen-bond acceptors (Lipinski definition) is 2. The molecule has 1 aromatic rings. The molecule has 0 bridgehead atoms. The van der Waals surface area contributed by atoms with E-state index in [1.54, 1.807) is 0 Å². The van der Waals surface area contributed by atoms with E-state index in [4.69, 9.17) is 0 Å². The van der Waals surface area contributed by atoms with Gasteiger partial charge in [-0.15, -0.1) is 0 Å². The first kappa shape index (κ1) is 14.1. The summed E-state index contributed by atoms with van der Waals surface area (Å²) in [5.74, 6) is -0.749. The Bertz CT molecular complexity index is 478. The number of nitrogens with zero attached hydrogens (tertiary/aromatic N) is 1. The number of carboxylic acids is 1. The average Bonchev–Trinajstić information content (AvgIpc) is 2.38. The second-order valence-corrected chi connectivity index (χ2v) is 5.74. The molecule has 3 heteroatoms. The summed E-state index contributed by atoms with van der Waals surface area (Å²) in [6.07, 6.45) is 3.39. The molecule has 1 N–H and O–H groups in total. The van der Waals surface area contributed by atoms with E-state index < -0.39 is 11.5 Å². The van der Waals surface area contributed by atoms with Crippen LogP contribution in [0, 0.1) is 13.8 Å². The number of aryl methyl sites for hydroxylation is 2. The van der Waals surface area contributed by atoms with Gasteiger partial charge in [0.15, 0.2) is 0 Å². The zero-order valence-electron chi connectivity index (χ0n) is 12.1. The molecule has 1 aliphatic rings. The molecule has 0 aliphatic carbocycles. The van der Waals surface area contributed by atoms with Crippen molar-refractivity contribution < 1.29 is 9.90 Å². The van der Waals surface area contributed by atoms with Gasteiger partial charge in [-0.3, -0.25) is 4.90 Å². The number of rotatable bonds is 3. The van der Waals surface area contributed by atoms with E-state index in [2.05, 4.69) is 11.0 Å². The fourth-order valence-electron chi connectivity index (χ4n) is 3.12. The van der Waals surface area contributed by atoms with E-state index in [-0.39, 0.29) is 0 Å². The predicted molar refractivity (Wildman–Crippen MR) is 76.3 cm³/mol. The largest absolute Gasteiger partial charge is 0.480 e. The number of piperidine rings is 1. The second-order valence-electron chi connectivity index (χ2n) is 5.74. The van der Waals surface area contributed by atoms with Crippen molar-refractivity contribution in [3.8, 4) is 0 Å². The minimum Gasteiger partial charge on any atom is -0.480 e. The van der Waals surface area contributed by atoms with Crippen LogP contribution in [0.2, 0.25) is 0 Å². The number of carboxylic acid groups (broad SMARTS) is 1. The van der Waals surface area contributed by atoms with Crippen LogP contribution in [0.25, 0.3) is 0 Å². The molecule has 1 saturated heterocycles. The molecule has 1 aromatic carbocycles. The fraction of sp³-hybridized carbons (Fsp3) is 0.562. The van der Waals surface area contributed by atoms with Crippen molar-refractivity contribution in [2.24, 2.45) is 0 Å². The summed E-state index contributed by atoms with van der Waals surface area (Å²) < 4.78 is 0. The molecule has 0 amide bonds. The monoisotopic (exact) mass is 261 g/mol. The molecular weight excluding hydrogens is 238 g/mol. The Balaban J connectivity index is 2.46. The first-order valence-corrected chi connectivity index (χ1v) is 7.02. The maximum Gasteiger partial charge on any atom is 0.328 e. The number of likely N-dealkylation sites (tertiary alicyclic amines) is 1. The van der Waals surface area contributed by atoms with Crippen molar-refractivity contribution >= 4 is 5.97 Å². The summed E-state index contributed by atoms with van der Waals surface area (Å²) >= 11 is 0. The number of benzene rings is 1. The van der Waals surface area contributed by atoms with Gasteiger partial charge in [0.1, 0.15) is 5.54 Å². The lowest BCUT2D eigenvalue weighted by atomic mass is 9.85. The smallest absolute Gasteiger partial charge is 0.328 e. The number of carbonyl (C=O) groups is 1. The van der Waals surface area contributed by atoms with Gasteiger partial charge in [0, 0.05) is 0 Å². The summed E-state index contributed by atoms with van der Waals surface area (Å²) in [4.78, 5) is 14.0. The Hall–Kier alpha value is -1.35. The lowest BCUT2D eigenvalue weighted by molar-refractivity contribution is -0.152. The van der Waals surface area contributed by atoms with Gasteiger partial charge in [-0.05, 0) is 57.8 Å². The highest BCUT2D eigenvalue weighted by atomic mass is 16.4. The second kappa shape index (κ2) is 5.33. The van der Waals surface area contributed by atoms with Crippen LogP contribution >= 0.6 is 0 Å². The predicted octanol–water partition coefficient (Wildman–Crippen LogP) is 3.09. The van der Waals surface area contributed by atoms with Crippen molar-refractivity contribution in [3.05, 3.63) is 34.9 Å². The van der Waals surface area contributed by atoms with E-state index in [9.17, 15) is 9.90 Å². The highest BCUT2D eigenvalue weighted by Crippen LogP contribution is 2.33. The molecule has 104 valence electrons. The van der Waals surface area contributed by atoms with Crippen LogP contribution in [0.4, 0.5) is 0 Å². The van der Waals surface area contributed by atoms with Crippen LogP contribution in [0.1, 0.15) is 42.9 Å². The third-order valence-electron chi connectivity index (χ3n) is 4.31. The molecule has 1 heterocycles. The molecule has 1 aliphatic heterocycles. The topological polar surface area (TPSA) is 40.5 Å². The van der Waals surface area contributed by atoms with Gasteiger partial charge in [-0.1, -0.05) is 30.2 Å². The number of hydrogen-bond donors (Lipinski definition) is 1. The van der Waals surface area contributed by atoms with Gasteiger partial charge >= 0.3 is 5.97 Å². The molecule has 3 nitrogen and oxygen atoms in total. The maximum atomic E-state index is 11.9. The highest BCUT2D eigenvalue weighted by Gasteiger charge is 2.42. The first-order valence-electron chi connectivity index (χ1n) is 7.02. The van der Waals surface area contributed by atoms with Crippen molar-refractivity contribution in [1.29, 1.82) is 0 Å². The third kappa shape index (κ3) is 2.52. The Morgan fingerprint density at radius 3 is 2.37 bits per heavy atom. The van der Waals surface area contributed by atoms with Gasteiger partial charge in [0.05, 0.1) is 0 Å². The summed E-state index contributed by atoms with van der Waals surface area (Å²) in [6.45, 7) is 7.63. The molecule has 1 atom stereocenters. The Labute approximate surface area is 115 Å². The van der Waals surface area contributed by atoms with Crippen LogP contribution in [-0.2, 0) is 10.3 Å². The van der Waals surface area contributed by atoms with E-state index in [0.717, 1.165) is 37.1 Å². The van der Waals surface area contributed by atoms with E-state index in [1.807, 2.05) is 32.9 Å². The summed E-state index contributed by atoms with van der Waals surface area (Å²) in [7, 11) is 0. The van der Waals surface area contributed by atoms with Crippen LogP contribution < -0.4 is 0 Å². The van der Waals surface area contributed by atoms with Crippen LogP contribution in [0.5, 0.6) is 0 Å². The van der Waals surface area contributed by atoms with Gasteiger partial charge in [0.25, 0.3) is 0 Å². The zero-order chi connectivity index (χ0) is 14.0.